The van der Waals surface area contributed by atoms with Crippen LogP contribution in [0, 0.1) is 13.8 Å². The topological polar surface area (TPSA) is 47.3 Å². The Balaban J connectivity index is 1.89. The van der Waals surface area contributed by atoms with Crippen molar-refractivity contribution < 1.29 is 9.15 Å². The number of nitrogens with one attached hydrogen (secondary N) is 1. The van der Waals surface area contributed by atoms with Crippen LogP contribution in [0.4, 0.5) is 0 Å². The normalized spacial score (nSPS) is 10.8. The van der Waals surface area contributed by atoms with Crippen molar-refractivity contribution in [3.63, 3.8) is 0 Å². The van der Waals surface area contributed by atoms with Gasteiger partial charge in [-0.05, 0) is 50.6 Å². The summed E-state index contributed by atoms with van der Waals surface area (Å²) in [5, 5.41) is 3.34. The molecule has 4 nitrogen and oxygen atoms in total. The van der Waals surface area contributed by atoms with E-state index in [9.17, 15) is 0 Å². The van der Waals surface area contributed by atoms with Crippen LogP contribution in [0.2, 0.25) is 0 Å². The van der Waals surface area contributed by atoms with Gasteiger partial charge in [-0.1, -0.05) is 6.92 Å². The molecule has 4 heteroatoms. The Morgan fingerprint density at radius 2 is 2.15 bits per heavy atom. The Kier molecular flexibility index (Phi) is 5.18. The van der Waals surface area contributed by atoms with Gasteiger partial charge in [0, 0.05) is 5.69 Å². The number of rotatable bonds is 7. The minimum atomic E-state index is 0.430. The first-order valence-electron chi connectivity index (χ1n) is 7.03. The number of hydrogen-bond donors (Lipinski definition) is 1. The molecule has 20 heavy (non-hydrogen) atoms. The lowest BCUT2D eigenvalue weighted by molar-refractivity contribution is 0.264. The minimum absolute atomic E-state index is 0.430. The van der Waals surface area contributed by atoms with Gasteiger partial charge in [-0.3, -0.25) is 4.98 Å². The van der Waals surface area contributed by atoms with Crippen LogP contribution in [0.3, 0.4) is 0 Å². The molecule has 0 amide bonds. The van der Waals surface area contributed by atoms with Crippen molar-refractivity contribution in [3.05, 3.63) is 47.2 Å². The average Bonchev–Trinajstić information content (AvgIpc) is 2.79. The van der Waals surface area contributed by atoms with Crippen LogP contribution < -0.4 is 10.1 Å². The summed E-state index contributed by atoms with van der Waals surface area (Å²) in [5.41, 5.74) is 2.14. The largest absolute Gasteiger partial charge is 0.484 e. The summed E-state index contributed by atoms with van der Waals surface area (Å²) < 4.78 is 11.5. The van der Waals surface area contributed by atoms with Gasteiger partial charge in [-0.15, -0.1) is 0 Å². The van der Waals surface area contributed by atoms with Crippen molar-refractivity contribution in [2.75, 3.05) is 6.54 Å². The second-order valence-corrected chi connectivity index (χ2v) is 4.92. The molecule has 1 N–H and O–H groups in total. The van der Waals surface area contributed by atoms with Crippen molar-refractivity contribution in [2.45, 2.75) is 40.3 Å². The maximum absolute atomic E-state index is 5.80. The maximum Gasteiger partial charge on any atom is 0.146 e. The fraction of sp³-hybridized carbons (Fsp3) is 0.438. The van der Waals surface area contributed by atoms with Gasteiger partial charge in [0.2, 0.25) is 0 Å². The van der Waals surface area contributed by atoms with Gasteiger partial charge in [0.05, 0.1) is 12.7 Å². The van der Waals surface area contributed by atoms with Crippen LogP contribution in [0.15, 0.2) is 28.8 Å². The van der Waals surface area contributed by atoms with E-state index < -0.39 is 0 Å². The van der Waals surface area contributed by atoms with Gasteiger partial charge < -0.3 is 14.5 Å². The Bertz CT molecular complexity index is 532. The fourth-order valence-corrected chi connectivity index (χ4v) is 1.91. The highest BCUT2D eigenvalue weighted by molar-refractivity contribution is 5.22. The summed E-state index contributed by atoms with van der Waals surface area (Å²) in [4.78, 5) is 4.20. The molecular formula is C16H22N2O2. The predicted molar refractivity (Wildman–Crippen MR) is 78.7 cm³/mol. The molecular weight excluding hydrogens is 252 g/mol. The maximum atomic E-state index is 5.80. The molecule has 2 aromatic rings. The Labute approximate surface area is 120 Å². The second kappa shape index (κ2) is 7.10. The zero-order valence-corrected chi connectivity index (χ0v) is 12.4. The molecule has 0 unspecified atom stereocenters. The Morgan fingerprint density at radius 3 is 2.85 bits per heavy atom. The zero-order valence-electron chi connectivity index (χ0n) is 12.4. The smallest absolute Gasteiger partial charge is 0.146 e. The highest BCUT2D eigenvalue weighted by Gasteiger charge is 2.08. The van der Waals surface area contributed by atoms with Gasteiger partial charge in [0.1, 0.15) is 23.9 Å². The van der Waals surface area contributed by atoms with Gasteiger partial charge in [0.25, 0.3) is 0 Å². The molecule has 0 aromatic carbocycles. The molecule has 0 saturated carbocycles. The highest BCUT2D eigenvalue weighted by atomic mass is 16.5. The third-order valence-corrected chi connectivity index (χ3v) is 3.05. The number of nitrogens with zero attached hydrogens (tertiary/aromatic N) is 1. The van der Waals surface area contributed by atoms with Crippen LogP contribution in [-0.2, 0) is 13.2 Å². The average molecular weight is 274 g/mol. The van der Waals surface area contributed by atoms with E-state index in [2.05, 4.69) is 24.1 Å². The van der Waals surface area contributed by atoms with E-state index in [0.29, 0.717) is 6.61 Å². The van der Waals surface area contributed by atoms with Crippen molar-refractivity contribution in [3.8, 4) is 5.75 Å². The molecule has 2 aromatic heterocycles. The lowest BCUT2D eigenvalue weighted by atomic mass is 10.2. The first-order valence-corrected chi connectivity index (χ1v) is 7.03. The quantitative estimate of drug-likeness (QED) is 0.786. The van der Waals surface area contributed by atoms with Crippen molar-refractivity contribution in [1.29, 1.82) is 0 Å². The van der Waals surface area contributed by atoms with Crippen molar-refractivity contribution in [2.24, 2.45) is 0 Å². The lowest BCUT2D eigenvalue weighted by Gasteiger charge is -2.04. The van der Waals surface area contributed by atoms with Crippen molar-refractivity contribution >= 4 is 0 Å². The lowest BCUT2D eigenvalue weighted by Crippen LogP contribution is -2.13. The molecule has 0 bridgehead atoms. The second-order valence-electron chi connectivity index (χ2n) is 4.92. The summed E-state index contributed by atoms with van der Waals surface area (Å²) in [6, 6.07) is 5.88. The van der Waals surface area contributed by atoms with E-state index in [4.69, 9.17) is 9.15 Å². The first-order chi connectivity index (χ1) is 9.69. The summed E-state index contributed by atoms with van der Waals surface area (Å²) >= 11 is 0. The van der Waals surface area contributed by atoms with Crippen LogP contribution in [0.25, 0.3) is 0 Å². The van der Waals surface area contributed by atoms with E-state index in [0.717, 1.165) is 48.0 Å². The minimum Gasteiger partial charge on any atom is -0.484 e. The third kappa shape index (κ3) is 4.10. The van der Waals surface area contributed by atoms with E-state index in [1.54, 1.807) is 6.20 Å². The number of furan rings is 1. The van der Waals surface area contributed by atoms with E-state index in [-0.39, 0.29) is 0 Å². The number of ether oxygens (including phenoxy) is 1. The molecule has 108 valence electrons. The number of aromatic nitrogens is 1. The highest BCUT2D eigenvalue weighted by Crippen LogP contribution is 2.17. The monoisotopic (exact) mass is 274 g/mol. The van der Waals surface area contributed by atoms with E-state index >= 15 is 0 Å². The molecule has 0 saturated heterocycles. The molecule has 2 heterocycles. The number of hydrogen-bond acceptors (Lipinski definition) is 4. The molecule has 0 aliphatic heterocycles. The zero-order chi connectivity index (χ0) is 14.4. The Hall–Kier alpha value is -1.81. The molecule has 0 aliphatic carbocycles. The summed E-state index contributed by atoms with van der Waals surface area (Å²) in [7, 11) is 0. The summed E-state index contributed by atoms with van der Waals surface area (Å²) in [6.07, 6.45) is 2.85. The summed E-state index contributed by atoms with van der Waals surface area (Å²) in [5.74, 6) is 2.59. The number of aryl methyl sites for hydroxylation is 2. The van der Waals surface area contributed by atoms with Crippen LogP contribution in [0.5, 0.6) is 5.75 Å². The Morgan fingerprint density at radius 1 is 1.30 bits per heavy atom. The van der Waals surface area contributed by atoms with Gasteiger partial charge in [-0.2, -0.15) is 0 Å². The van der Waals surface area contributed by atoms with Gasteiger partial charge in [-0.25, -0.2) is 0 Å². The molecule has 0 radical (unpaired) electrons. The van der Waals surface area contributed by atoms with Crippen molar-refractivity contribution in [1.82, 2.24) is 10.3 Å². The van der Waals surface area contributed by atoms with E-state index in [1.165, 1.54) is 0 Å². The van der Waals surface area contributed by atoms with Crippen LogP contribution in [0.1, 0.15) is 36.1 Å². The van der Waals surface area contributed by atoms with Crippen LogP contribution in [-0.4, -0.2) is 11.5 Å². The molecule has 2 rings (SSSR count). The SMILES string of the molecule is CCCNCc1oc(COc2ccc(C)nc2)cc1C. The van der Waals surface area contributed by atoms with E-state index in [1.807, 2.05) is 25.1 Å². The number of pyridine rings is 1. The van der Waals surface area contributed by atoms with Crippen LogP contribution >= 0.6 is 0 Å². The third-order valence-electron chi connectivity index (χ3n) is 3.05. The van der Waals surface area contributed by atoms with Gasteiger partial charge in [0.15, 0.2) is 0 Å². The molecule has 0 aliphatic rings. The first kappa shape index (κ1) is 14.6. The van der Waals surface area contributed by atoms with Gasteiger partial charge >= 0.3 is 0 Å². The predicted octanol–water partition coefficient (Wildman–Crippen LogP) is 3.37. The standard InChI is InChI=1S/C16H22N2O2/c1-4-7-17-10-16-12(2)8-15(20-16)11-19-14-6-5-13(3)18-9-14/h5-6,8-9,17H,4,7,10-11H2,1-3H3. The fourth-order valence-electron chi connectivity index (χ4n) is 1.91. The molecule has 0 spiro atoms. The molecule has 0 fully saturated rings. The molecule has 0 atom stereocenters. The summed E-state index contributed by atoms with van der Waals surface area (Å²) in [6.45, 7) is 8.36.